The van der Waals surface area contributed by atoms with Crippen molar-refractivity contribution in [3.05, 3.63) is 90.0 Å². The molecule has 3 aromatic rings. The molecule has 0 saturated heterocycles. The lowest BCUT2D eigenvalue weighted by Crippen LogP contribution is -1.97. The van der Waals surface area contributed by atoms with Crippen molar-refractivity contribution in [1.29, 1.82) is 0 Å². The molecule has 0 fully saturated rings. The Kier molecular flexibility index (Phi) is 4.92. The number of anilines is 2. The molecule has 0 atom stereocenters. The highest BCUT2D eigenvalue weighted by atomic mass is 16.5. The van der Waals surface area contributed by atoms with E-state index in [4.69, 9.17) is 4.74 Å². The Morgan fingerprint density at radius 3 is 2.33 bits per heavy atom. The lowest BCUT2D eigenvalue weighted by atomic mass is 10.1. The number of hydrogen-bond acceptors (Lipinski definition) is 3. The summed E-state index contributed by atoms with van der Waals surface area (Å²) in [7, 11) is 0. The summed E-state index contributed by atoms with van der Waals surface area (Å²) in [6, 6.07) is 25.3. The van der Waals surface area contributed by atoms with Gasteiger partial charge >= 0.3 is 0 Å². The van der Waals surface area contributed by atoms with E-state index in [0.717, 1.165) is 22.7 Å². The zero-order valence-electron chi connectivity index (χ0n) is 13.5. The van der Waals surface area contributed by atoms with Crippen LogP contribution >= 0.6 is 0 Å². The quantitative estimate of drug-likeness (QED) is 0.634. The first-order valence-corrected chi connectivity index (χ1v) is 7.85. The van der Waals surface area contributed by atoms with Gasteiger partial charge in [0, 0.05) is 23.0 Å². The standard InChI is InChI=1S/C21H19NO2/c1-16(23)18-10-12-19(13-11-18)22-20-8-5-9-21(14-20)24-15-17-6-3-2-4-7-17/h2-14,22H,15H2,1H3. The molecule has 0 bridgehead atoms. The maximum atomic E-state index is 11.3. The van der Waals surface area contributed by atoms with Gasteiger partial charge in [-0.25, -0.2) is 0 Å². The molecule has 120 valence electrons. The van der Waals surface area contributed by atoms with Crippen molar-refractivity contribution >= 4 is 17.2 Å². The van der Waals surface area contributed by atoms with Crippen LogP contribution in [0.2, 0.25) is 0 Å². The molecule has 0 aliphatic heterocycles. The normalized spacial score (nSPS) is 10.2. The molecule has 0 aromatic heterocycles. The number of carbonyl (C=O) groups is 1. The molecule has 0 heterocycles. The van der Waals surface area contributed by atoms with Crippen LogP contribution in [0.5, 0.6) is 5.75 Å². The van der Waals surface area contributed by atoms with Gasteiger partial charge < -0.3 is 10.1 Å². The van der Waals surface area contributed by atoms with Gasteiger partial charge in [0.25, 0.3) is 0 Å². The maximum absolute atomic E-state index is 11.3. The van der Waals surface area contributed by atoms with Crippen molar-refractivity contribution in [3.63, 3.8) is 0 Å². The highest BCUT2D eigenvalue weighted by Crippen LogP contribution is 2.22. The van der Waals surface area contributed by atoms with E-state index >= 15 is 0 Å². The third-order valence-corrected chi connectivity index (χ3v) is 3.66. The van der Waals surface area contributed by atoms with Gasteiger partial charge in [0.15, 0.2) is 5.78 Å². The molecule has 24 heavy (non-hydrogen) atoms. The average molecular weight is 317 g/mol. The van der Waals surface area contributed by atoms with Crippen LogP contribution in [0.4, 0.5) is 11.4 Å². The van der Waals surface area contributed by atoms with Crippen molar-refractivity contribution in [2.75, 3.05) is 5.32 Å². The minimum atomic E-state index is 0.0675. The zero-order chi connectivity index (χ0) is 16.8. The van der Waals surface area contributed by atoms with Gasteiger partial charge in [-0.3, -0.25) is 4.79 Å². The molecule has 0 amide bonds. The van der Waals surface area contributed by atoms with E-state index in [9.17, 15) is 4.79 Å². The summed E-state index contributed by atoms with van der Waals surface area (Å²) in [6.45, 7) is 2.10. The molecular weight excluding hydrogens is 298 g/mol. The fourth-order valence-corrected chi connectivity index (χ4v) is 2.36. The molecule has 0 unspecified atom stereocenters. The molecule has 0 saturated carbocycles. The molecule has 0 aliphatic rings. The van der Waals surface area contributed by atoms with E-state index < -0.39 is 0 Å². The molecule has 0 radical (unpaired) electrons. The van der Waals surface area contributed by atoms with Crippen molar-refractivity contribution in [2.45, 2.75) is 13.5 Å². The fourth-order valence-electron chi connectivity index (χ4n) is 2.36. The lowest BCUT2D eigenvalue weighted by molar-refractivity contribution is 0.101. The largest absolute Gasteiger partial charge is 0.489 e. The number of carbonyl (C=O) groups excluding carboxylic acids is 1. The van der Waals surface area contributed by atoms with Crippen molar-refractivity contribution in [1.82, 2.24) is 0 Å². The van der Waals surface area contributed by atoms with Crippen LogP contribution in [0.15, 0.2) is 78.9 Å². The van der Waals surface area contributed by atoms with Gasteiger partial charge in [-0.15, -0.1) is 0 Å². The minimum Gasteiger partial charge on any atom is -0.489 e. The zero-order valence-corrected chi connectivity index (χ0v) is 13.5. The summed E-state index contributed by atoms with van der Waals surface area (Å²) in [5, 5.41) is 3.32. The van der Waals surface area contributed by atoms with Gasteiger partial charge in [0.05, 0.1) is 0 Å². The Balaban J connectivity index is 1.65. The monoisotopic (exact) mass is 317 g/mol. The molecule has 3 nitrogen and oxygen atoms in total. The van der Waals surface area contributed by atoms with Gasteiger partial charge in [0.2, 0.25) is 0 Å². The predicted octanol–water partition coefficient (Wildman–Crippen LogP) is 5.21. The van der Waals surface area contributed by atoms with E-state index in [1.807, 2.05) is 78.9 Å². The van der Waals surface area contributed by atoms with E-state index in [-0.39, 0.29) is 5.78 Å². The van der Waals surface area contributed by atoms with Gasteiger partial charge in [-0.1, -0.05) is 36.4 Å². The number of nitrogens with one attached hydrogen (secondary N) is 1. The van der Waals surface area contributed by atoms with Gasteiger partial charge in [-0.05, 0) is 48.9 Å². The first-order valence-electron chi connectivity index (χ1n) is 7.85. The van der Waals surface area contributed by atoms with Crippen LogP contribution in [0.25, 0.3) is 0 Å². The van der Waals surface area contributed by atoms with Crippen LogP contribution in [-0.4, -0.2) is 5.78 Å². The second-order valence-electron chi connectivity index (χ2n) is 5.56. The summed E-state index contributed by atoms with van der Waals surface area (Å²) in [5.41, 5.74) is 3.72. The van der Waals surface area contributed by atoms with Crippen LogP contribution < -0.4 is 10.1 Å². The van der Waals surface area contributed by atoms with E-state index in [1.54, 1.807) is 6.92 Å². The van der Waals surface area contributed by atoms with Crippen LogP contribution in [0, 0.1) is 0 Å². The first-order chi connectivity index (χ1) is 11.7. The number of ether oxygens (including phenoxy) is 1. The summed E-state index contributed by atoms with van der Waals surface area (Å²) in [6.07, 6.45) is 0. The van der Waals surface area contributed by atoms with E-state index in [2.05, 4.69) is 5.32 Å². The summed E-state index contributed by atoms with van der Waals surface area (Å²) >= 11 is 0. The Morgan fingerprint density at radius 1 is 0.875 bits per heavy atom. The second kappa shape index (κ2) is 7.47. The SMILES string of the molecule is CC(=O)c1ccc(Nc2cccc(OCc3ccccc3)c2)cc1. The maximum Gasteiger partial charge on any atom is 0.159 e. The third kappa shape index (κ3) is 4.23. The van der Waals surface area contributed by atoms with Crippen molar-refractivity contribution in [3.8, 4) is 5.75 Å². The highest BCUT2D eigenvalue weighted by Gasteiger charge is 2.01. The molecule has 0 spiro atoms. The van der Waals surface area contributed by atoms with Crippen LogP contribution in [-0.2, 0) is 6.61 Å². The summed E-state index contributed by atoms with van der Waals surface area (Å²) in [5.74, 6) is 0.877. The summed E-state index contributed by atoms with van der Waals surface area (Å²) < 4.78 is 5.84. The van der Waals surface area contributed by atoms with Crippen LogP contribution in [0.3, 0.4) is 0 Å². The molecular formula is C21H19NO2. The van der Waals surface area contributed by atoms with E-state index in [1.165, 1.54) is 0 Å². The van der Waals surface area contributed by atoms with Crippen molar-refractivity contribution < 1.29 is 9.53 Å². The average Bonchev–Trinajstić information content (AvgIpc) is 2.62. The topological polar surface area (TPSA) is 38.3 Å². The fraction of sp³-hybridized carbons (Fsp3) is 0.0952. The Hall–Kier alpha value is -3.07. The third-order valence-electron chi connectivity index (χ3n) is 3.66. The smallest absolute Gasteiger partial charge is 0.159 e. The van der Waals surface area contributed by atoms with Gasteiger partial charge in [0.1, 0.15) is 12.4 Å². The number of ketones is 1. The molecule has 3 heteroatoms. The molecule has 0 aliphatic carbocycles. The predicted molar refractivity (Wildman–Crippen MR) is 96.9 cm³/mol. The Morgan fingerprint density at radius 2 is 1.62 bits per heavy atom. The number of hydrogen-bond donors (Lipinski definition) is 1. The van der Waals surface area contributed by atoms with Gasteiger partial charge in [-0.2, -0.15) is 0 Å². The highest BCUT2D eigenvalue weighted by molar-refractivity contribution is 5.94. The number of benzene rings is 3. The van der Waals surface area contributed by atoms with Crippen LogP contribution in [0.1, 0.15) is 22.8 Å². The van der Waals surface area contributed by atoms with E-state index in [0.29, 0.717) is 12.2 Å². The molecule has 1 N–H and O–H groups in total. The molecule has 3 rings (SSSR count). The number of Topliss-reactive ketones (excluding diaryl/α,β-unsaturated/α-hetero) is 1. The minimum absolute atomic E-state index is 0.0675. The summed E-state index contributed by atoms with van der Waals surface area (Å²) in [4.78, 5) is 11.3. The number of rotatable bonds is 6. The Bertz CT molecular complexity index is 811. The lowest BCUT2D eigenvalue weighted by Gasteiger charge is -2.10. The second-order valence-corrected chi connectivity index (χ2v) is 5.56. The van der Waals surface area contributed by atoms with Crippen molar-refractivity contribution in [2.24, 2.45) is 0 Å². The Labute approximate surface area is 141 Å². The first kappa shape index (κ1) is 15.8. The molecule has 3 aromatic carbocycles.